The molecule has 1 atom stereocenters. The van der Waals surface area contributed by atoms with Gasteiger partial charge >= 0.3 is 0 Å². The Hall–Kier alpha value is -3.78. The predicted octanol–water partition coefficient (Wildman–Crippen LogP) is 4.90. The fourth-order valence-corrected chi connectivity index (χ4v) is 4.73. The molecular formula is C25H22ClN7O. The number of aromatic nitrogens is 6. The number of halogens is 1. The fraction of sp³-hybridized carbons (Fsp3) is 0.240. The van der Waals surface area contributed by atoms with Crippen molar-refractivity contribution in [2.75, 3.05) is 5.32 Å². The molecule has 1 aliphatic rings. The molecule has 1 aliphatic carbocycles. The summed E-state index contributed by atoms with van der Waals surface area (Å²) >= 11 is 6.17. The van der Waals surface area contributed by atoms with Crippen molar-refractivity contribution < 1.29 is 0 Å². The van der Waals surface area contributed by atoms with Gasteiger partial charge in [0.1, 0.15) is 5.52 Å². The van der Waals surface area contributed by atoms with E-state index >= 15 is 0 Å². The van der Waals surface area contributed by atoms with Gasteiger partial charge in [-0.3, -0.25) is 14.5 Å². The normalized spacial score (nSPS) is 14.6. The van der Waals surface area contributed by atoms with Crippen LogP contribution in [-0.2, 0) is 7.05 Å². The predicted molar refractivity (Wildman–Crippen MR) is 133 cm³/mol. The van der Waals surface area contributed by atoms with Gasteiger partial charge in [-0.15, -0.1) is 0 Å². The monoisotopic (exact) mass is 471 g/mol. The van der Waals surface area contributed by atoms with Gasteiger partial charge in [-0.2, -0.15) is 10.1 Å². The van der Waals surface area contributed by atoms with Crippen molar-refractivity contribution in [3.63, 3.8) is 0 Å². The molecule has 9 heteroatoms. The van der Waals surface area contributed by atoms with Gasteiger partial charge in [0.15, 0.2) is 5.82 Å². The van der Waals surface area contributed by atoms with Crippen LogP contribution in [-0.4, -0.2) is 29.3 Å². The van der Waals surface area contributed by atoms with Crippen molar-refractivity contribution in [2.45, 2.75) is 31.8 Å². The quantitative estimate of drug-likeness (QED) is 0.366. The first kappa shape index (κ1) is 20.8. The third-order valence-corrected chi connectivity index (χ3v) is 6.43. The lowest BCUT2D eigenvalue weighted by atomic mass is 10.00. The number of fused-ring (bicyclic) bond motifs is 2. The van der Waals surface area contributed by atoms with Crippen molar-refractivity contribution in [3.8, 4) is 11.1 Å². The van der Waals surface area contributed by atoms with Crippen molar-refractivity contribution >= 4 is 39.2 Å². The first-order chi connectivity index (χ1) is 16.5. The van der Waals surface area contributed by atoms with E-state index in [1.807, 2.05) is 55.1 Å². The molecule has 0 bridgehead atoms. The largest absolute Gasteiger partial charge is 0.360 e. The van der Waals surface area contributed by atoms with Gasteiger partial charge in [0.05, 0.1) is 23.1 Å². The molecule has 0 spiro atoms. The SMILES string of the molecule is C[C@H](Nc1nc(Cl)nc2cccnc12)c1cc2cccc(-c3cnn(C)c3)c2c(=O)n1C1CC1. The van der Waals surface area contributed by atoms with Crippen LogP contribution in [0.25, 0.3) is 32.9 Å². The average Bonchev–Trinajstić information content (AvgIpc) is 3.57. The number of hydrogen-bond donors (Lipinski definition) is 1. The lowest BCUT2D eigenvalue weighted by Crippen LogP contribution is -2.26. The van der Waals surface area contributed by atoms with Crippen LogP contribution in [0.1, 0.15) is 37.5 Å². The Balaban J connectivity index is 1.50. The standard InChI is InChI=1S/C25H22ClN7O/c1-14(29-23-22-19(7-4-10-27-22)30-25(26)31-23)20-11-15-5-3-6-18(16-12-28-32(2)13-16)21(15)24(34)33(20)17-8-9-17/h3-7,10-14,17H,8-9H2,1-2H3,(H,29,30,31)/t14-/m0/s1. The molecule has 0 saturated heterocycles. The summed E-state index contributed by atoms with van der Waals surface area (Å²) in [4.78, 5) is 27.0. The molecule has 1 aromatic carbocycles. The van der Waals surface area contributed by atoms with Crippen LogP contribution in [0.2, 0.25) is 5.28 Å². The Labute approximate surface area is 200 Å². The van der Waals surface area contributed by atoms with E-state index in [0.29, 0.717) is 16.9 Å². The molecule has 170 valence electrons. The number of aryl methyl sites for hydroxylation is 1. The van der Waals surface area contributed by atoms with Crippen LogP contribution in [0.5, 0.6) is 0 Å². The van der Waals surface area contributed by atoms with Crippen molar-refractivity contribution in [1.82, 2.24) is 29.3 Å². The van der Waals surface area contributed by atoms with Gasteiger partial charge in [-0.1, -0.05) is 18.2 Å². The third-order valence-electron chi connectivity index (χ3n) is 6.26. The third kappa shape index (κ3) is 3.51. The van der Waals surface area contributed by atoms with E-state index < -0.39 is 0 Å². The van der Waals surface area contributed by atoms with Gasteiger partial charge in [0.2, 0.25) is 5.28 Å². The lowest BCUT2D eigenvalue weighted by Gasteiger charge is -2.22. The Morgan fingerprint density at radius 1 is 1.18 bits per heavy atom. The van der Waals surface area contributed by atoms with Crippen LogP contribution < -0.4 is 10.9 Å². The highest BCUT2D eigenvalue weighted by atomic mass is 35.5. The Morgan fingerprint density at radius 2 is 2.03 bits per heavy atom. The van der Waals surface area contributed by atoms with Gasteiger partial charge < -0.3 is 9.88 Å². The van der Waals surface area contributed by atoms with Crippen LogP contribution >= 0.6 is 11.6 Å². The molecule has 8 nitrogen and oxygen atoms in total. The number of hydrogen-bond acceptors (Lipinski definition) is 6. The summed E-state index contributed by atoms with van der Waals surface area (Å²) in [7, 11) is 1.88. The molecule has 0 amide bonds. The minimum absolute atomic E-state index is 0.0202. The lowest BCUT2D eigenvalue weighted by molar-refractivity contribution is 0.636. The van der Waals surface area contributed by atoms with Crippen LogP contribution in [0.3, 0.4) is 0 Å². The van der Waals surface area contributed by atoms with E-state index in [1.54, 1.807) is 17.1 Å². The number of rotatable bonds is 5. The van der Waals surface area contributed by atoms with E-state index in [4.69, 9.17) is 11.6 Å². The second-order valence-corrected chi connectivity index (χ2v) is 9.06. The van der Waals surface area contributed by atoms with Gasteiger partial charge in [-0.05, 0) is 60.5 Å². The highest BCUT2D eigenvalue weighted by Crippen LogP contribution is 2.38. The zero-order valence-electron chi connectivity index (χ0n) is 18.7. The smallest absolute Gasteiger partial charge is 0.259 e. The maximum absolute atomic E-state index is 13.9. The van der Waals surface area contributed by atoms with Crippen molar-refractivity contribution in [1.29, 1.82) is 0 Å². The Kier molecular flexibility index (Phi) is 4.84. The number of benzene rings is 1. The summed E-state index contributed by atoms with van der Waals surface area (Å²) in [5, 5.41) is 9.49. The van der Waals surface area contributed by atoms with Gasteiger partial charge in [0, 0.05) is 36.7 Å². The maximum atomic E-state index is 13.9. The summed E-state index contributed by atoms with van der Waals surface area (Å²) in [5.74, 6) is 0.544. The minimum atomic E-state index is -0.212. The molecule has 34 heavy (non-hydrogen) atoms. The molecule has 6 rings (SSSR count). The van der Waals surface area contributed by atoms with E-state index in [-0.39, 0.29) is 22.9 Å². The van der Waals surface area contributed by atoms with Crippen LogP contribution in [0.4, 0.5) is 5.82 Å². The van der Waals surface area contributed by atoms with Crippen LogP contribution in [0.15, 0.2) is 59.8 Å². The van der Waals surface area contributed by atoms with E-state index in [1.165, 1.54) is 0 Å². The summed E-state index contributed by atoms with van der Waals surface area (Å²) in [6.45, 7) is 2.02. The molecular weight excluding hydrogens is 450 g/mol. The van der Waals surface area contributed by atoms with Crippen molar-refractivity contribution in [3.05, 3.63) is 76.3 Å². The second-order valence-electron chi connectivity index (χ2n) is 8.73. The average molecular weight is 472 g/mol. The number of nitrogens with one attached hydrogen (secondary N) is 1. The number of pyridine rings is 2. The Bertz CT molecular complexity index is 1620. The summed E-state index contributed by atoms with van der Waals surface area (Å²) in [6, 6.07) is 11.7. The number of nitrogens with zero attached hydrogens (tertiary/aromatic N) is 6. The zero-order chi connectivity index (χ0) is 23.4. The molecule has 0 radical (unpaired) electrons. The molecule has 4 aromatic heterocycles. The van der Waals surface area contributed by atoms with E-state index in [0.717, 1.165) is 40.4 Å². The van der Waals surface area contributed by atoms with E-state index in [2.05, 4.69) is 31.4 Å². The molecule has 1 fully saturated rings. The summed E-state index contributed by atoms with van der Waals surface area (Å²) in [5.41, 5.74) is 4.05. The highest BCUT2D eigenvalue weighted by Gasteiger charge is 2.30. The highest BCUT2D eigenvalue weighted by molar-refractivity contribution is 6.28. The van der Waals surface area contributed by atoms with E-state index in [9.17, 15) is 4.79 Å². The maximum Gasteiger partial charge on any atom is 0.259 e. The van der Waals surface area contributed by atoms with Gasteiger partial charge in [-0.25, -0.2) is 4.98 Å². The topological polar surface area (TPSA) is 90.5 Å². The molecule has 5 aromatic rings. The second kappa shape index (κ2) is 7.92. The summed E-state index contributed by atoms with van der Waals surface area (Å²) in [6.07, 6.45) is 7.41. The molecule has 1 saturated carbocycles. The Morgan fingerprint density at radius 3 is 2.79 bits per heavy atom. The van der Waals surface area contributed by atoms with Crippen molar-refractivity contribution in [2.24, 2.45) is 7.05 Å². The number of anilines is 1. The first-order valence-corrected chi connectivity index (χ1v) is 11.6. The minimum Gasteiger partial charge on any atom is -0.360 e. The molecule has 0 unspecified atom stereocenters. The fourth-order valence-electron chi connectivity index (χ4n) is 4.56. The zero-order valence-corrected chi connectivity index (χ0v) is 19.5. The molecule has 1 N–H and O–H groups in total. The molecule has 4 heterocycles. The summed E-state index contributed by atoms with van der Waals surface area (Å²) < 4.78 is 3.69. The molecule has 0 aliphatic heterocycles. The first-order valence-electron chi connectivity index (χ1n) is 11.2. The van der Waals surface area contributed by atoms with Crippen LogP contribution in [0, 0.1) is 0 Å². The van der Waals surface area contributed by atoms with Gasteiger partial charge in [0.25, 0.3) is 5.56 Å².